The van der Waals surface area contributed by atoms with Crippen LogP contribution in [0.15, 0.2) is 24.3 Å². The van der Waals surface area contributed by atoms with E-state index in [-0.39, 0.29) is 17.4 Å². The lowest BCUT2D eigenvalue weighted by Crippen LogP contribution is -2.13. The zero-order valence-corrected chi connectivity index (χ0v) is 12.2. The van der Waals surface area contributed by atoms with Crippen molar-refractivity contribution < 1.29 is 18.6 Å². The van der Waals surface area contributed by atoms with Crippen LogP contribution in [-0.2, 0) is 21.1 Å². The van der Waals surface area contributed by atoms with Crippen LogP contribution in [0.4, 0.5) is 0 Å². The van der Waals surface area contributed by atoms with Crippen LogP contribution in [0.5, 0.6) is 5.75 Å². The molecule has 0 aliphatic rings. The third kappa shape index (κ3) is 4.38. The van der Waals surface area contributed by atoms with E-state index in [1.54, 1.807) is 38.1 Å². The van der Waals surface area contributed by atoms with E-state index >= 15 is 0 Å². The lowest BCUT2D eigenvalue weighted by molar-refractivity contribution is 0.0376. The minimum absolute atomic E-state index is 0.214. The van der Waals surface area contributed by atoms with Crippen molar-refractivity contribution in [2.75, 3.05) is 7.11 Å². The molecule has 0 aliphatic carbocycles. The fraction of sp³-hybridized carbons (Fsp3) is 0.364. The number of para-hydroxylation sites is 1. The minimum Gasteiger partial charge on any atom is -0.459 e. The van der Waals surface area contributed by atoms with Gasteiger partial charge in [0.1, 0.15) is 11.3 Å². The zero-order chi connectivity index (χ0) is 13.8. The van der Waals surface area contributed by atoms with E-state index in [2.05, 4.69) is 0 Å². The van der Waals surface area contributed by atoms with Crippen molar-refractivity contribution in [2.45, 2.75) is 20.0 Å². The maximum Gasteiger partial charge on any atom is 0.342 e. The average molecular weight is 289 g/mol. The van der Waals surface area contributed by atoms with E-state index in [1.807, 2.05) is 0 Å². The van der Waals surface area contributed by atoms with Gasteiger partial charge in [-0.3, -0.25) is 0 Å². The number of rotatable bonds is 5. The molecule has 0 fully saturated rings. The van der Waals surface area contributed by atoms with E-state index < -0.39 is 12.6 Å². The van der Waals surface area contributed by atoms with Crippen molar-refractivity contribution in [3.8, 4) is 5.75 Å². The molecule has 0 saturated carbocycles. The van der Waals surface area contributed by atoms with E-state index in [0.29, 0.717) is 0 Å². The first-order valence-electron chi connectivity index (χ1n) is 5.29. The van der Waals surface area contributed by atoms with E-state index in [4.69, 9.17) is 31.1 Å². The van der Waals surface area contributed by atoms with E-state index in [0.717, 1.165) is 0 Å². The SMILES string of the molecule is COP(N)(=S)Oc1ccccc1C(=O)OC(C)C. The van der Waals surface area contributed by atoms with Crippen LogP contribution in [0, 0.1) is 0 Å². The highest BCUT2D eigenvalue weighted by Crippen LogP contribution is 2.40. The number of esters is 1. The van der Waals surface area contributed by atoms with Gasteiger partial charge in [0.15, 0.2) is 0 Å². The fourth-order valence-corrected chi connectivity index (χ4v) is 1.92. The average Bonchev–Trinajstić information content (AvgIpc) is 2.28. The van der Waals surface area contributed by atoms with Gasteiger partial charge in [-0.1, -0.05) is 12.1 Å². The first-order valence-corrected chi connectivity index (χ1v) is 8.00. The molecule has 0 amide bonds. The Balaban J connectivity index is 3.00. The van der Waals surface area contributed by atoms with Gasteiger partial charge in [-0.15, -0.1) is 0 Å². The second-order valence-electron chi connectivity index (χ2n) is 3.76. The van der Waals surface area contributed by atoms with Crippen molar-refractivity contribution in [2.24, 2.45) is 5.50 Å². The van der Waals surface area contributed by atoms with Crippen LogP contribution in [0.3, 0.4) is 0 Å². The molecule has 0 heterocycles. The number of nitrogens with two attached hydrogens (primary N) is 1. The Kier molecular flexibility index (Phi) is 5.28. The summed E-state index contributed by atoms with van der Waals surface area (Å²) >= 11 is 4.95. The summed E-state index contributed by atoms with van der Waals surface area (Å²) in [6.07, 6.45) is -0.214. The molecule has 0 bridgehead atoms. The molecule has 0 aliphatic heterocycles. The molecule has 18 heavy (non-hydrogen) atoms. The molecule has 1 rings (SSSR count). The number of benzene rings is 1. The molecule has 1 aromatic carbocycles. The number of carbonyl (C=O) groups excluding carboxylic acids is 1. The summed E-state index contributed by atoms with van der Waals surface area (Å²) in [5.41, 5.74) is 5.93. The lowest BCUT2D eigenvalue weighted by atomic mass is 10.2. The third-order valence-corrected chi connectivity index (χ3v) is 3.56. The molecular formula is C11H16NO4PS. The van der Waals surface area contributed by atoms with Crippen molar-refractivity contribution in [3.05, 3.63) is 29.8 Å². The Labute approximate surface area is 111 Å². The van der Waals surface area contributed by atoms with Gasteiger partial charge in [-0.2, -0.15) is 0 Å². The maximum absolute atomic E-state index is 11.8. The van der Waals surface area contributed by atoms with Crippen LogP contribution < -0.4 is 10.0 Å². The fourth-order valence-electron chi connectivity index (χ4n) is 1.17. The normalized spacial score (nSPS) is 14.1. The second-order valence-corrected chi connectivity index (χ2v) is 6.92. The standard InChI is InChI=1S/C11H16NO4PS/c1-8(2)15-11(13)9-6-4-5-7-10(9)16-17(12,18)14-3/h4-8H,1-3H3,(H2,12,18). The topological polar surface area (TPSA) is 70.8 Å². The molecule has 0 saturated heterocycles. The lowest BCUT2D eigenvalue weighted by Gasteiger charge is -2.18. The van der Waals surface area contributed by atoms with Gasteiger partial charge in [0.2, 0.25) is 0 Å². The highest BCUT2D eigenvalue weighted by molar-refractivity contribution is 8.08. The van der Waals surface area contributed by atoms with Crippen LogP contribution in [0.2, 0.25) is 0 Å². The van der Waals surface area contributed by atoms with Crippen molar-refractivity contribution in [3.63, 3.8) is 0 Å². The van der Waals surface area contributed by atoms with Gasteiger partial charge < -0.3 is 13.8 Å². The van der Waals surface area contributed by atoms with E-state index in [1.165, 1.54) is 7.11 Å². The Hall–Kier alpha value is -0.940. The number of hydrogen-bond acceptors (Lipinski definition) is 5. The van der Waals surface area contributed by atoms with Gasteiger partial charge in [0.25, 0.3) is 0 Å². The molecule has 0 radical (unpaired) electrons. The van der Waals surface area contributed by atoms with Crippen molar-refractivity contribution in [1.82, 2.24) is 0 Å². The number of carbonyl (C=O) groups is 1. The smallest absolute Gasteiger partial charge is 0.342 e. The molecule has 100 valence electrons. The van der Waals surface area contributed by atoms with Gasteiger partial charge in [-0.25, -0.2) is 10.3 Å². The molecule has 7 heteroatoms. The molecule has 0 aromatic heterocycles. The molecule has 5 nitrogen and oxygen atoms in total. The maximum atomic E-state index is 11.8. The van der Waals surface area contributed by atoms with Crippen LogP contribution in [0.25, 0.3) is 0 Å². The van der Waals surface area contributed by atoms with Crippen LogP contribution >= 0.6 is 6.64 Å². The molecule has 0 spiro atoms. The van der Waals surface area contributed by atoms with Gasteiger partial charge >= 0.3 is 12.6 Å². The summed E-state index contributed by atoms with van der Waals surface area (Å²) in [6, 6.07) is 6.61. The van der Waals surface area contributed by atoms with Gasteiger partial charge in [0, 0.05) is 7.11 Å². The Morgan fingerprint density at radius 3 is 2.56 bits per heavy atom. The molecule has 2 N–H and O–H groups in total. The second kappa shape index (κ2) is 6.29. The molecular weight excluding hydrogens is 273 g/mol. The van der Waals surface area contributed by atoms with Crippen LogP contribution in [-0.4, -0.2) is 19.2 Å². The summed E-state index contributed by atoms with van der Waals surface area (Å²) in [7, 11) is 1.37. The predicted octanol–water partition coefficient (Wildman–Crippen LogP) is 2.46. The summed E-state index contributed by atoms with van der Waals surface area (Å²) in [5, 5.41) is 0. The predicted molar refractivity (Wildman–Crippen MR) is 73.1 cm³/mol. The third-order valence-electron chi connectivity index (χ3n) is 1.93. The Morgan fingerprint density at radius 2 is 2.00 bits per heavy atom. The number of ether oxygens (including phenoxy) is 1. The van der Waals surface area contributed by atoms with Gasteiger partial charge in [-0.05, 0) is 37.8 Å². The minimum atomic E-state index is -2.87. The summed E-state index contributed by atoms with van der Waals surface area (Å²) < 4.78 is 15.4. The van der Waals surface area contributed by atoms with Crippen molar-refractivity contribution >= 4 is 24.4 Å². The Morgan fingerprint density at radius 1 is 1.39 bits per heavy atom. The molecule has 1 unspecified atom stereocenters. The number of hydrogen-bond donors (Lipinski definition) is 1. The highest BCUT2D eigenvalue weighted by Gasteiger charge is 2.19. The van der Waals surface area contributed by atoms with Crippen molar-refractivity contribution in [1.29, 1.82) is 0 Å². The summed E-state index contributed by atoms with van der Waals surface area (Å²) in [6.45, 7) is 0.665. The monoisotopic (exact) mass is 289 g/mol. The molecule has 1 atom stereocenters. The first-order chi connectivity index (χ1) is 8.35. The summed E-state index contributed by atoms with van der Waals surface area (Å²) in [5.74, 6) is -0.206. The molecule has 1 aromatic rings. The van der Waals surface area contributed by atoms with Gasteiger partial charge in [0.05, 0.1) is 6.10 Å². The summed E-state index contributed by atoms with van der Waals surface area (Å²) in [4.78, 5) is 11.8. The quantitative estimate of drug-likeness (QED) is 0.663. The first kappa shape index (κ1) is 15.1. The zero-order valence-electron chi connectivity index (χ0n) is 10.5. The van der Waals surface area contributed by atoms with E-state index in [9.17, 15) is 4.79 Å². The Bertz CT molecular complexity index is 478. The van der Waals surface area contributed by atoms with Crippen LogP contribution in [0.1, 0.15) is 24.2 Å². The highest BCUT2D eigenvalue weighted by atomic mass is 32.5. The largest absolute Gasteiger partial charge is 0.459 e.